The lowest BCUT2D eigenvalue weighted by molar-refractivity contribution is -0.129. The van der Waals surface area contributed by atoms with Crippen molar-refractivity contribution < 1.29 is 9.53 Å². The third kappa shape index (κ3) is 3.76. The summed E-state index contributed by atoms with van der Waals surface area (Å²) in [5.74, 6) is 1.14. The van der Waals surface area contributed by atoms with Gasteiger partial charge in [-0.2, -0.15) is 0 Å². The van der Waals surface area contributed by atoms with Crippen LogP contribution in [-0.2, 0) is 17.8 Å². The van der Waals surface area contributed by atoms with Crippen molar-refractivity contribution in [3.8, 4) is 5.75 Å². The Balaban J connectivity index is 1.94. The van der Waals surface area contributed by atoms with Crippen molar-refractivity contribution in [3.05, 3.63) is 29.3 Å². The monoisotopic (exact) mass is 290 g/mol. The molecule has 1 amide bonds. The number of carbonyl (C=O) groups excluding carboxylic acids is 1. The predicted octanol–water partition coefficient (Wildman–Crippen LogP) is 2.36. The van der Waals surface area contributed by atoms with Gasteiger partial charge in [-0.05, 0) is 33.3 Å². The van der Waals surface area contributed by atoms with E-state index < -0.39 is 0 Å². The van der Waals surface area contributed by atoms with Gasteiger partial charge in [-0.25, -0.2) is 0 Å². The lowest BCUT2D eigenvalue weighted by Gasteiger charge is -2.20. The third-order valence-corrected chi connectivity index (χ3v) is 3.88. The topological polar surface area (TPSA) is 41.6 Å². The Morgan fingerprint density at radius 2 is 2.05 bits per heavy atom. The van der Waals surface area contributed by atoms with Gasteiger partial charge in [0, 0.05) is 31.6 Å². The smallest absolute Gasteiger partial charge is 0.236 e. The summed E-state index contributed by atoms with van der Waals surface area (Å²) in [5.41, 5.74) is 2.26. The number of fused-ring (bicyclic) bond motifs is 1. The van der Waals surface area contributed by atoms with Gasteiger partial charge in [0.05, 0.1) is 6.54 Å². The first kappa shape index (κ1) is 15.8. The lowest BCUT2D eigenvalue weighted by Crippen LogP contribution is -2.37. The largest absolute Gasteiger partial charge is 0.487 e. The Kier molecular flexibility index (Phi) is 4.88. The fourth-order valence-electron chi connectivity index (χ4n) is 2.81. The van der Waals surface area contributed by atoms with Crippen molar-refractivity contribution in [1.29, 1.82) is 0 Å². The highest BCUT2D eigenvalue weighted by molar-refractivity contribution is 5.78. The second-order valence-electron chi connectivity index (χ2n) is 6.11. The zero-order valence-electron chi connectivity index (χ0n) is 13.5. The molecule has 1 heterocycles. The van der Waals surface area contributed by atoms with E-state index in [9.17, 15) is 4.79 Å². The zero-order chi connectivity index (χ0) is 15.5. The molecule has 4 nitrogen and oxygen atoms in total. The molecular formula is C17H26N2O2. The number of nitrogens with zero attached hydrogens (tertiary/aromatic N) is 1. The Labute approximate surface area is 127 Å². The minimum absolute atomic E-state index is 0.129. The molecule has 2 rings (SSSR count). The maximum absolute atomic E-state index is 12.0. The molecule has 116 valence electrons. The van der Waals surface area contributed by atoms with E-state index in [0.29, 0.717) is 13.1 Å². The van der Waals surface area contributed by atoms with Crippen LogP contribution in [0.3, 0.4) is 0 Å². The molecule has 4 heteroatoms. The van der Waals surface area contributed by atoms with Crippen LogP contribution in [0, 0.1) is 0 Å². The fraction of sp³-hybridized carbons (Fsp3) is 0.588. The number of hydrogen-bond donors (Lipinski definition) is 1. The molecule has 1 aromatic carbocycles. The Hall–Kier alpha value is -1.55. The van der Waals surface area contributed by atoms with Crippen LogP contribution < -0.4 is 10.1 Å². The summed E-state index contributed by atoms with van der Waals surface area (Å²) in [6.07, 6.45) is 0.939. The first-order chi connectivity index (χ1) is 9.96. The van der Waals surface area contributed by atoms with E-state index in [1.807, 2.05) is 18.7 Å². The van der Waals surface area contributed by atoms with Crippen LogP contribution in [0.5, 0.6) is 5.75 Å². The molecule has 21 heavy (non-hydrogen) atoms. The van der Waals surface area contributed by atoms with Crippen molar-refractivity contribution in [3.63, 3.8) is 0 Å². The van der Waals surface area contributed by atoms with Gasteiger partial charge in [-0.15, -0.1) is 0 Å². The molecule has 0 atom stereocenters. The number of nitrogens with one attached hydrogen (secondary N) is 1. The molecule has 1 aromatic rings. The van der Waals surface area contributed by atoms with Crippen LogP contribution in [0.25, 0.3) is 0 Å². The summed E-state index contributed by atoms with van der Waals surface area (Å²) in [5, 5.41) is 3.24. The van der Waals surface area contributed by atoms with Gasteiger partial charge >= 0.3 is 0 Å². The fourth-order valence-corrected chi connectivity index (χ4v) is 2.81. The first-order valence-electron chi connectivity index (χ1n) is 7.75. The zero-order valence-corrected chi connectivity index (χ0v) is 13.5. The second-order valence-corrected chi connectivity index (χ2v) is 6.11. The molecule has 0 spiro atoms. The van der Waals surface area contributed by atoms with Gasteiger partial charge in [0.15, 0.2) is 0 Å². The van der Waals surface area contributed by atoms with Gasteiger partial charge in [0.1, 0.15) is 11.4 Å². The second kappa shape index (κ2) is 6.48. The van der Waals surface area contributed by atoms with Crippen LogP contribution in [0.4, 0.5) is 0 Å². The van der Waals surface area contributed by atoms with Crippen LogP contribution in [0.1, 0.15) is 38.8 Å². The highest BCUT2D eigenvalue weighted by Crippen LogP contribution is 2.37. The standard InChI is InChI=1S/C17H26N2O2/c1-5-19(6-2)15(20)12-18-11-14-9-7-8-13-10-17(3,4)21-16(13)14/h7-9,18H,5-6,10-12H2,1-4H3. The average Bonchev–Trinajstić information content (AvgIpc) is 2.75. The Morgan fingerprint density at radius 3 is 2.71 bits per heavy atom. The average molecular weight is 290 g/mol. The maximum Gasteiger partial charge on any atom is 0.236 e. The number of carbonyl (C=O) groups is 1. The van der Waals surface area contributed by atoms with E-state index in [0.717, 1.165) is 30.8 Å². The molecule has 0 bridgehead atoms. The van der Waals surface area contributed by atoms with Gasteiger partial charge < -0.3 is 15.0 Å². The van der Waals surface area contributed by atoms with Crippen LogP contribution >= 0.6 is 0 Å². The van der Waals surface area contributed by atoms with E-state index in [1.165, 1.54) is 5.56 Å². The van der Waals surface area contributed by atoms with E-state index in [-0.39, 0.29) is 11.5 Å². The molecular weight excluding hydrogens is 264 g/mol. The van der Waals surface area contributed by atoms with Crippen LogP contribution in [0.2, 0.25) is 0 Å². The summed E-state index contributed by atoms with van der Waals surface area (Å²) in [6, 6.07) is 6.25. The third-order valence-electron chi connectivity index (χ3n) is 3.88. The Bertz CT molecular complexity index is 508. The molecule has 0 unspecified atom stereocenters. The molecule has 0 saturated carbocycles. The number of benzene rings is 1. The molecule has 0 saturated heterocycles. The van der Waals surface area contributed by atoms with Gasteiger partial charge in [0.25, 0.3) is 0 Å². The summed E-state index contributed by atoms with van der Waals surface area (Å²) in [4.78, 5) is 13.8. The number of ether oxygens (including phenoxy) is 1. The molecule has 0 radical (unpaired) electrons. The molecule has 1 N–H and O–H groups in total. The highest BCUT2D eigenvalue weighted by Gasteiger charge is 2.31. The van der Waals surface area contributed by atoms with Crippen molar-refractivity contribution in [1.82, 2.24) is 10.2 Å². The summed E-state index contributed by atoms with van der Waals surface area (Å²) >= 11 is 0. The van der Waals surface area contributed by atoms with Crippen LogP contribution in [-0.4, -0.2) is 36.0 Å². The van der Waals surface area contributed by atoms with Gasteiger partial charge in [0.2, 0.25) is 5.91 Å². The van der Waals surface area contributed by atoms with Crippen molar-refractivity contribution in [2.45, 2.75) is 46.3 Å². The normalized spacial score (nSPS) is 15.4. The SMILES string of the molecule is CCN(CC)C(=O)CNCc1cccc2c1OC(C)(C)C2. The molecule has 0 aliphatic carbocycles. The van der Waals surface area contributed by atoms with Crippen molar-refractivity contribution >= 4 is 5.91 Å². The highest BCUT2D eigenvalue weighted by atomic mass is 16.5. The van der Waals surface area contributed by atoms with E-state index in [1.54, 1.807) is 0 Å². The predicted molar refractivity (Wildman–Crippen MR) is 84.5 cm³/mol. The van der Waals surface area contributed by atoms with Crippen LogP contribution in [0.15, 0.2) is 18.2 Å². The minimum atomic E-state index is -0.129. The van der Waals surface area contributed by atoms with Gasteiger partial charge in [-0.3, -0.25) is 4.79 Å². The lowest BCUT2D eigenvalue weighted by atomic mass is 10.0. The summed E-state index contributed by atoms with van der Waals surface area (Å²) < 4.78 is 6.04. The number of amides is 1. The first-order valence-corrected chi connectivity index (χ1v) is 7.75. The van der Waals surface area contributed by atoms with Crippen molar-refractivity contribution in [2.75, 3.05) is 19.6 Å². The molecule has 0 fully saturated rings. The van der Waals surface area contributed by atoms with E-state index in [4.69, 9.17) is 4.74 Å². The number of rotatable bonds is 6. The molecule has 0 aromatic heterocycles. The summed E-state index contributed by atoms with van der Waals surface area (Å²) in [6.45, 7) is 10.8. The van der Waals surface area contributed by atoms with Crippen molar-refractivity contribution in [2.24, 2.45) is 0 Å². The number of hydrogen-bond acceptors (Lipinski definition) is 3. The number of para-hydroxylation sites is 1. The Morgan fingerprint density at radius 1 is 1.33 bits per heavy atom. The molecule has 1 aliphatic rings. The van der Waals surface area contributed by atoms with E-state index in [2.05, 4.69) is 37.4 Å². The van der Waals surface area contributed by atoms with E-state index >= 15 is 0 Å². The molecule has 1 aliphatic heterocycles. The quantitative estimate of drug-likeness (QED) is 0.874. The maximum atomic E-state index is 12.0. The minimum Gasteiger partial charge on any atom is -0.487 e. The number of likely N-dealkylation sites (N-methyl/N-ethyl adjacent to an activating group) is 1. The summed E-state index contributed by atoms with van der Waals surface area (Å²) in [7, 11) is 0. The van der Waals surface area contributed by atoms with Gasteiger partial charge in [-0.1, -0.05) is 18.2 Å².